The number of ether oxygens (including phenoxy) is 1. The number of Topliss-reactive ketones (excluding diaryl/α,β-unsaturated/α-hetero) is 1. The summed E-state index contributed by atoms with van der Waals surface area (Å²) in [6, 6.07) is 13.6. The molecule has 0 aliphatic rings. The highest BCUT2D eigenvalue weighted by Gasteiger charge is 2.01. The molecule has 0 bridgehead atoms. The van der Waals surface area contributed by atoms with E-state index in [2.05, 4.69) is 32.0 Å². The van der Waals surface area contributed by atoms with E-state index in [-0.39, 0.29) is 5.78 Å². The van der Waals surface area contributed by atoms with Crippen LogP contribution in [-0.4, -0.2) is 5.78 Å². The first kappa shape index (κ1) is 13.3. The van der Waals surface area contributed by atoms with Gasteiger partial charge in [0, 0.05) is 5.56 Å². The molecule has 0 fully saturated rings. The zero-order valence-electron chi connectivity index (χ0n) is 11.6. The van der Waals surface area contributed by atoms with E-state index >= 15 is 0 Å². The lowest BCUT2D eigenvalue weighted by molar-refractivity contribution is 0.101. The molecular formula is C17H18O2. The van der Waals surface area contributed by atoms with E-state index in [1.807, 2.05) is 12.1 Å². The van der Waals surface area contributed by atoms with Gasteiger partial charge in [-0.05, 0) is 50.6 Å². The number of aryl methyl sites for hydroxylation is 2. The van der Waals surface area contributed by atoms with Crippen molar-refractivity contribution in [1.29, 1.82) is 0 Å². The summed E-state index contributed by atoms with van der Waals surface area (Å²) in [5.41, 5.74) is 4.35. The Morgan fingerprint density at radius 1 is 1.00 bits per heavy atom. The predicted molar refractivity (Wildman–Crippen MR) is 76.7 cm³/mol. The molecule has 0 heterocycles. The van der Waals surface area contributed by atoms with Gasteiger partial charge < -0.3 is 4.74 Å². The van der Waals surface area contributed by atoms with Crippen LogP contribution in [0.15, 0.2) is 42.5 Å². The summed E-state index contributed by atoms with van der Waals surface area (Å²) in [5, 5.41) is 0. The van der Waals surface area contributed by atoms with Gasteiger partial charge in [0.15, 0.2) is 5.78 Å². The topological polar surface area (TPSA) is 26.3 Å². The Labute approximate surface area is 114 Å². The van der Waals surface area contributed by atoms with Crippen LogP contribution in [0.4, 0.5) is 0 Å². The third kappa shape index (κ3) is 3.68. The summed E-state index contributed by atoms with van der Waals surface area (Å²) in [7, 11) is 0. The van der Waals surface area contributed by atoms with Crippen LogP contribution in [-0.2, 0) is 6.61 Å². The van der Waals surface area contributed by atoms with Crippen molar-refractivity contribution in [2.24, 2.45) is 0 Å². The van der Waals surface area contributed by atoms with Gasteiger partial charge in [0.1, 0.15) is 12.4 Å². The summed E-state index contributed by atoms with van der Waals surface area (Å²) >= 11 is 0. The quantitative estimate of drug-likeness (QED) is 0.768. The second-order valence-electron chi connectivity index (χ2n) is 4.87. The number of ketones is 1. The van der Waals surface area contributed by atoms with E-state index in [9.17, 15) is 4.79 Å². The molecule has 0 radical (unpaired) electrons. The Kier molecular flexibility index (Phi) is 4.00. The van der Waals surface area contributed by atoms with Crippen molar-refractivity contribution in [3.8, 4) is 5.75 Å². The highest BCUT2D eigenvalue weighted by molar-refractivity contribution is 5.94. The minimum atomic E-state index is 0.0702. The molecule has 0 saturated carbocycles. The van der Waals surface area contributed by atoms with E-state index in [0.717, 1.165) is 11.3 Å². The Morgan fingerprint density at radius 2 is 1.58 bits per heavy atom. The van der Waals surface area contributed by atoms with Crippen molar-refractivity contribution in [2.75, 3.05) is 0 Å². The molecule has 0 aliphatic carbocycles. The van der Waals surface area contributed by atoms with Crippen molar-refractivity contribution in [1.82, 2.24) is 0 Å². The maximum absolute atomic E-state index is 11.2. The summed E-state index contributed by atoms with van der Waals surface area (Å²) in [6.07, 6.45) is 0. The first-order valence-electron chi connectivity index (χ1n) is 6.35. The minimum absolute atomic E-state index is 0.0702. The van der Waals surface area contributed by atoms with Gasteiger partial charge in [0.05, 0.1) is 0 Å². The largest absolute Gasteiger partial charge is 0.489 e. The Balaban J connectivity index is 2.03. The van der Waals surface area contributed by atoms with Gasteiger partial charge in [0.2, 0.25) is 0 Å². The number of rotatable bonds is 4. The molecule has 0 aliphatic heterocycles. The molecule has 0 atom stereocenters. The van der Waals surface area contributed by atoms with E-state index in [0.29, 0.717) is 12.2 Å². The number of hydrogen-bond acceptors (Lipinski definition) is 2. The van der Waals surface area contributed by atoms with Gasteiger partial charge in [-0.1, -0.05) is 29.3 Å². The molecule has 2 aromatic carbocycles. The van der Waals surface area contributed by atoms with Gasteiger partial charge in [-0.3, -0.25) is 4.79 Å². The van der Waals surface area contributed by atoms with Crippen LogP contribution in [0.2, 0.25) is 0 Å². The van der Waals surface area contributed by atoms with Gasteiger partial charge in [0.25, 0.3) is 0 Å². The summed E-state index contributed by atoms with van der Waals surface area (Å²) in [6.45, 7) is 6.27. The van der Waals surface area contributed by atoms with Gasteiger partial charge >= 0.3 is 0 Å². The maximum Gasteiger partial charge on any atom is 0.159 e. The zero-order valence-corrected chi connectivity index (χ0v) is 11.6. The van der Waals surface area contributed by atoms with Crippen LogP contribution in [0, 0.1) is 13.8 Å². The summed E-state index contributed by atoms with van der Waals surface area (Å²) < 4.78 is 5.73. The van der Waals surface area contributed by atoms with Crippen LogP contribution in [0.25, 0.3) is 0 Å². The lowest BCUT2D eigenvalue weighted by Crippen LogP contribution is -1.97. The normalized spacial score (nSPS) is 10.3. The van der Waals surface area contributed by atoms with Crippen LogP contribution in [0.1, 0.15) is 34.0 Å². The van der Waals surface area contributed by atoms with Crippen LogP contribution in [0.5, 0.6) is 5.75 Å². The molecular weight excluding hydrogens is 236 g/mol. The SMILES string of the molecule is CC(=O)c1ccc(OCc2cc(C)cc(C)c2)cc1. The Hall–Kier alpha value is -2.09. The van der Waals surface area contributed by atoms with Crippen molar-refractivity contribution < 1.29 is 9.53 Å². The molecule has 0 amide bonds. The first-order valence-corrected chi connectivity index (χ1v) is 6.35. The molecule has 19 heavy (non-hydrogen) atoms. The number of carbonyl (C=O) groups excluding carboxylic acids is 1. The van der Waals surface area contributed by atoms with E-state index < -0.39 is 0 Å². The molecule has 0 saturated heterocycles. The number of carbonyl (C=O) groups is 1. The lowest BCUT2D eigenvalue weighted by Gasteiger charge is -2.08. The second kappa shape index (κ2) is 5.70. The smallest absolute Gasteiger partial charge is 0.159 e. The average Bonchev–Trinajstić information content (AvgIpc) is 2.36. The monoisotopic (exact) mass is 254 g/mol. The molecule has 2 heteroatoms. The van der Waals surface area contributed by atoms with E-state index in [4.69, 9.17) is 4.74 Å². The third-order valence-corrected chi connectivity index (χ3v) is 2.95. The summed E-state index contributed by atoms with van der Waals surface area (Å²) in [5.74, 6) is 0.852. The van der Waals surface area contributed by atoms with Gasteiger partial charge in [-0.15, -0.1) is 0 Å². The van der Waals surface area contributed by atoms with Crippen molar-refractivity contribution in [3.05, 3.63) is 64.7 Å². The van der Waals surface area contributed by atoms with Crippen LogP contribution in [0.3, 0.4) is 0 Å². The Morgan fingerprint density at radius 3 is 2.11 bits per heavy atom. The summed E-state index contributed by atoms with van der Waals surface area (Å²) in [4.78, 5) is 11.2. The fourth-order valence-corrected chi connectivity index (χ4v) is 2.10. The molecule has 2 aromatic rings. The highest BCUT2D eigenvalue weighted by Crippen LogP contribution is 2.16. The van der Waals surface area contributed by atoms with Gasteiger partial charge in [-0.25, -0.2) is 0 Å². The zero-order chi connectivity index (χ0) is 13.8. The molecule has 0 unspecified atom stereocenters. The Bertz CT molecular complexity index is 562. The lowest BCUT2D eigenvalue weighted by atomic mass is 10.1. The molecule has 0 aromatic heterocycles. The fraction of sp³-hybridized carbons (Fsp3) is 0.235. The van der Waals surface area contributed by atoms with Crippen LogP contribution >= 0.6 is 0 Å². The molecule has 98 valence electrons. The van der Waals surface area contributed by atoms with E-state index in [1.54, 1.807) is 19.1 Å². The fourth-order valence-electron chi connectivity index (χ4n) is 2.10. The van der Waals surface area contributed by atoms with Crippen molar-refractivity contribution in [3.63, 3.8) is 0 Å². The predicted octanol–water partition coefficient (Wildman–Crippen LogP) is 4.09. The molecule has 2 nitrogen and oxygen atoms in total. The second-order valence-corrected chi connectivity index (χ2v) is 4.87. The van der Waals surface area contributed by atoms with Gasteiger partial charge in [-0.2, -0.15) is 0 Å². The number of benzene rings is 2. The standard InChI is InChI=1S/C17H18O2/c1-12-8-13(2)10-15(9-12)11-19-17-6-4-16(5-7-17)14(3)18/h4-10H,11H2,1-3H3. The maximum atomic E-state index is 11.2. The van der Waals surface area contributed by atoms with Crippen molar-refractivity contribution >= 4 is 5.78 Å². The molecule has 0 N–H and O–H groups in total. The van der Waals surface area contributed by atoms with Crippen LogP contribution < -0.4 is 4.74 Å². The molecule has 2 rings (SSSR count). The highest BCUT2D eigenvalue weighted by atomic mass is 16.5. The average molecular weight is 254 g/mol. The third-order valence-electron chi connectivity index (χ3n) is 2.95. The number of hydrogen-bond donors (Lipinski definition) is 0. The minimum Gasteiger partial charge on any atom is -0.489 e. The first-order chi connectivity index (χ1) is 9.04. The molecule has 0 spiro atoms. The van der Waals surface area contributed by atoms with E-state index in [1.165, 1.54) is 11.1 Å². The van der Waals surface area contributed by atoms with Crippen molar-refractivity contribution in [2.45, 2.75) is 27.4 Å².